The molecule has 0 saturated heterocycles. The molecule has 0 aromatic heterocycles. The number of ether oxygens (including phenoxy) is 1. The molecular formula is C23H28N2O3. The number of amidine groups is 1. The molecule has 2 aromatic carbocycles. The van der Waals surface area contributed by atoms with Gasteiger partial charge in [0.2, 0.25) is 0 Å². The van der Waals surface area contributed by atoms with Crippen LogP contribution in [0.15, 0.2) is 42.5 Å². The molecule has 0 amide bonds. The molecule has 0 unspecified atom stereocenters. The number of nitrogen functional groups attached to an aromatic ring is 1. The van der Waals surface area contributed by atoms with Crippen molar-refractivity contribution in [1.82, 2.24) is 0 Å². The van der Waals surface area contributed by atoms with E-state index < -0.39 is 5.97 Å². The molecule has 28 heavy (non-hydrogen) atoms. The fourth-order valence-electron chi connectivity index (χ4n) is 3.90. The lowest BCUT2D eigenvalue weighted by atomic mass is 9.82. The first-order valence-corrected chi connectivity index (χ1v) is 9.78. The summed E-state index contributed by atoms with van der Waals surface area (Å²) in [6, 6.07) is 14.1. The van der Waals surface area contributed by atoms with Gasteiger partial charge in [-0.1, -0.05) is 35.9 Å². The molecule has 0 atom stereocenters. The van der Waals surface area contributed by atoms with Crippen LogP contribution >= 0.6 is 0 Å². The van der Waals surface area contributed by atoms with Gasteiger partial charge in [0.1, 0.15) is 5.84 Å². The van der Waals surface area contributed by atoms with Crippen LogP contribution in [0.5, 0.6) is 0 Å². The third kappa shape index (κ3) is 5.20. The Morgan fingerprint density at radius 2 is 1.89 bits per heavy atom. The van der Waals surface area contributed by atoms with Crippen LogP contribution in [-0.2, 0) is 16.1 Å². The standard InChI is InChI=1S/C23H28N2O3/c1-15-9-17(14-28-13-16-5-7-18(8-6-16)23(26)27)11-21(10-15)19-3-2-4-20(12-19)22(24)25/h2-4,9-12,16,18H,5-8,13-14H2,1H3,(H3,24,25)(H,26,27). The van der Waals surface area contributed by atoms with Crippen LogP contribution in [0.3, 0.4) is 0 Å². The minimum Gasteiger partial charge on any atom is -0.481 e. The fourth-order valence-corrected chi connectivity index (χ4v) is 3.90. The Morgan fingerprint density at radius 3 is 2.57 bits per heavy atom. The molecule has 1 aliphatic carbocycles. The smallest absolute Gasteiger partial charge is 0.306 e. The number of nitrogens with one attached hydrogen (secondary N) is 1. The molecule has 0 heterocycles. The van der Waals surface area contributed by atoms with Crippen LogP contribution < -0.4 is 5.73 Å². The maximum atomic E-state index is 11.0. The van der Waals surface area contributed by atoms with E-state index in [9.17, 15) is 4.79 Å². The molecule has 2 aromatic rings. The van der Waals surface area contributed by atoms with Crippen LogP contribution in [0, 0.1) is 24.2 Å². The predicted octanol–water partition coefficient (Wildman–Crippen LogP) is 4.35. The Hall–Kier alpha value is -2.66. The molecule has 5 nitrogen and oxygen atoms in total. The maximum Gasteiger partial charge on any atom is 0.306 e. The normalized spacial score (nSPS) is 19.3. The summed E-state index contributed by atoms with van der Waals surface area (Å²) in [5.74, 6) is -0.329. The zero-order valence-electron chi connectivity index (χ0n) is 16.3. The molecule has 1 aliphatic rings. The van der Waals surface area contributed by atoms with Crippen LogP contribution in [0.25, 0.3) is 11.1 Å². The highest BCUT2D eigenvalue weighted by Gasteiger charge is 2.25. The summed E-state index contributed by atoms with van der Waals surface area (Å²) in [5, 5.41) is 16.7. The zero-order chi connectivity index (χ0) is 20.1. The van der Waals surface area contributed by atoms with Gasteiger partial charge in [0.05, 0.1) is 12.5 Å². The fraction of sp³-hybridized carbons (Fsp3) is 0.391. The predicted molar refractivity (Wildman–Crippen MR) is 110 cm³/mol. The van der Waals surface area contributed by atoms with Gasteiger partial charge in [-0.05, 0) is 67.3 Å². The lowest BCUT2D eigenvalue weighted by Crippen LogP contribution is -2.23. The summed E-state index contributed by atoms with van der Waals surface area (Å²) >= 11 is 0. The summed E-state index contributed by atoms with van der Waals surface area (Å²) in [7, 11) is 0. The molecule has 1 fully saturated rings. The van der Waals surface area contributed by atoms with E-state index in [-0.39, 0.29) is 11.8 Å². The molecular weight excluding hydrogens is 352 g/mol. The molecule has 3 rings (SSSR count). The van der Waals surface area contributed by atoms with Crippen molar-refractivity contribution >= 4 is 11.8 Å². The monoisotopic (exact) mass is 380 g/mol. The van der Waals surface area contributed by atoms with E-state index in [1.807, 2.05) is 24.3 Å². The van der Waals surface area contributed by atoms with Crippen LogP contribution in [-0.4, -0.2) is 23.5 Å². The summed E-state index contributed by atoms with van der Waals surface area (Å²) in [4.78, 5) is 11.0. The van der Waals surface area contributed by atoms with Crippen molar-refractivity contribution in [3.8, 4) is 11.1 Å². The van der Waals surface area contributed by atoms with Crippen molar-refractivity contribution in [2.24, 2.45) is 17.6 Å². The summed E-state index contributed by atoms with van der Waals surface area (Å²) in [5.41, 5.74) is 10.7. The highest BCUT2D eigenvalue weighted by atomic mass is 16.5. The van der Waals surface area contributed by atoms with Crippen molar-refractivity contribution in [2.75, 3.05) is 6.61 Å². The van der Waals surface area contributed by atoms with Gasteiger partial charge in [-0.3, -0.25) is 10.2 Å². The number of carboxylic acid groups (broad SMARTS) is 1. The van der Waals surface area contributed by atoms with Gasteiger partial charge in [0.15, 0.2) is 0 Å². The largest absolute Gasteiger partial charge is 0.481 e. The number of aliphatic carboxylic acids is 1. The van der Waals surface area contributed by atoms with E-state index in [1.165, 1.54) is 0 Å². The van der Waals surface area contributed by atoms with E-state index in [2.05, 4.69) is 25.1 Å². The lowest BCUT2D eigenvalue weighted by molar-refractivity contribution is -0.143. The molecule has 0 aliphatic heterocycles. The zero-order valence-corrected chi connectivity index (χ0v) is 16.3. The number of aryl methyl sites for hydroxylation is 1. The van der Waals surface area contributed by atoms with Crippen LogP contribution in [0.1, 0.15) is 42.4 Å². The Balaban J connectivity index is 1.60. The van der Waals surface area contributed by atoms with Crippen molar-refractivity contribution in [3.05, 3.63) is 59.2 Å². The SMILES string of the molecule is Cc1cc(COCC2CCC(C(=O)O)CC2)cc(-c2cccc(C(=N)N)c2)c1. The molecule has 4 N–H and O–H groups in total. The first-order chi connectivity index (χ1) is 13.4. The van der Waals surface area contributed by atoms with Crippen molar-refractivity contribution in [3.63, 3.8) is 0 Å². The molecule has 5 heteroatoms. The number of hydrogen-bond donors (Lipinski definition) is 3. The van der Waals surface area contributed by atoms with Crippen molar-refractivity contribution in [1.29, 1.82) is 5.41 Å². The van der Waals surface area contributed by atoms with E-state index in [1.54, 1.807) is 0 Å². The number of hydrogen-bond acceptors (Lipinski definition) is 3. The van der Waals surface area contributed by atoms with Crippen LogP contribution in [0.2, 0.25) is 0 Å². The second-order valence-corrected chi connectivity index (χ2v) is 7.77. The Labute approximate surface area is 166 Å². The average molecular weight is 380 g/mol. The quantitative estimate of drug-likeness (QED) is 0.491. The number of carbonyl (C=O) groups is 1. The van der Waals surface area contributed by atoms with E-state index in [4.69, 9.17) is 21.0 Å². The van der Waals surface area contributed by atoms with E-state index in [0.717, 1.165) is 47.9 Å². The summed E-state index contributed by atoms with van der Waals surface area (Å²) in [6.45, 7) is 3.28. The highest BCUT2D eigenvalue weighted by Crippen LogP contribution is 2.29. The Morgan fingerprint density at radius 1 is 1.14 bits per heavy atom. The minimum absolute atomic E-state index is 0.0654. The first-order valence-electron chi connectivity index (χ1n) is 9.78. The van der Waals surface area contributed by atoms with Crippen LogP contribution in [0.4, 0.5) is 0 Å². The van der Waals surface area contributed by atoms with Gasteiger partial charge < -0.3 is 15.6 Å². The lowest BCUT2D eigenvalue weighted by Gasteiger charge is -2.25. The summed E-state index contributed by atoms with van der Waals surface area (Å²) < 4.78 is 5.96. The van der Waals surface area contributed by atoms with Gasteiger partial charge in [-0.15, -0.1) is 0 Å². The molecule has 148 valence electrons. The molecule has 0 spiro atoms. The Bertz CT molecular complexity index is 855. The molecule has 1 saturated carbocycles. The van der Waals surface area contributed by atoms with Gasteiger partial charge in [0, 0.05) is 12.2 Å². The van der Waals surface area contributed by atoms with Gasteiger partial charge >= 0.3 is 5.97 Å². The molecule has 0 radical (unpaired) electrons. The second-order valence-electron chi connectivity index (χ2n) is 7.77. The topological polar surface area (TPSA) is 96.4 Å². The van der Waals surface area contributed by atoms with Crippen molar-refractivity contribution in [2.45, 2.75) is 39.2 Å². The average Bonchev–Trinajstić information content (AvgIpc) is 2.68. The third-order valence-corrected chi connectivity index (χ3v) is 5.46. The van der Waals surface area contributed by atoms with Crippen molar-refractivity contribution < 1.29 is 14.6 Å². The number of benzene rings is 2. The highest BCUT2D eigenvalue weighted by molar-refractivity contribution is 5.96. The molecule has 0 bridgehead atoms. The second kappa shape index (κ2) is 9.02. The van der Waals surface area contributed by atoms with Gasteiger partial charge in [-0.25, -0.2) is 0 Å². The van der Waals surface area contributed by atoms with Gasteiger partial charge in [-0.2, -0.15) is 0 Å². The minimum atomic E-state index is -0.666. The van der Waals surface area contributed by atoms with E-state index in [0.29, 0.717) is 24.7 Å². The maximum absolute atomic E-state index is 11.0. The third-order valence-electron chi connectivity index (χ3n) is 5.46. The number of carboxylic acids is 1. The van der Waals surface area contributed by atoms with E-state index >= 15 is 0 Å². The summed E-state index contributed by atoms with van der Waals surface area (Å²) in [6.07, 6.45) is 3.36. The number of rotatable bonds is 7. The van der Waals surface area contributed by atoms with Gasteiger partial charge in [0.25, 0.3) is 0 Å². The Kier molecular flexibility index (Phi) is 6.47. The first kappa shape index (κ1) is 20.1. The number of nitrogens with two attached hydrogens (primary N) is 1.